The van der Waals surface area contributed by atoms with E-state index in [-0.39, 0.29) is 35.3 Å². The fourth-order valence-corrected chi connectivity index (χ4v) is 2.07. The molecule has 0 aromatic heterocycles. The summed E-state index contributed by atoms with van der Waals surface area (Å²) < 4.78 is 16.4. The molecular formula is C20H30O5. The van der Waals surface area contributed by atoms with Crippen molar-refractivity contribution in [1.29, 1.82) is 0 Å². The van der Waals surface area contributed by atoms with Gasteiger partial charge in [-0.2, -0.15) is 0 Å². The maximum Gasteiger partial charge on any atom is 0.311 e. The lowest BCUT2D eigenvalue weighted by Crippen LogP contribution is -2.14. The molecule has 1 rings (SSSR count). The van der Waals surface area contributed by atoms with E-state index in [0.717, 1.165) is 12.8 Å². The smallest absolute Gasteiger partial charge is 0.311 e. The van der Waals surface area contributed by atoms with Gasteiger partial charge in [-0.05, 0) is 30.4 Å². The van der Waals surface area contributed by atoms with Crippen LogP contribution in [-0.4, -0.2) is 18.5 Å². The number of rotatable bonds is 10. The second-order valence-electron chi connectivity index (χ2n) is 6.95. The summed E-state index contributed by atoms with van der Waals surface area (Å²) in [7, 11) is 0. The zero-order valence-electron chi connectivity index (χ0n) is 16.0. The van der Waals surface area contributed by atoms with E-state index in [9.17, 15) is 9.59 Å². The zero-order chi connectivity index (χ0) is 18.8. The summed E-state index contributed by atoms with van der Waals surface area (Å²) in [5.41, 5.74) is 0. The topological polar surface area (TPSA) is 61.8 Å². The Kier molecular flexibility index (Phi) is 9.03. The highest BCUT2D eigenvalue weighted by molar-refractivity contribution is 5.76. The standard InChI is InChI=1S/C20H30O5/c1-6-7-10-23-16-8-9-17(24-19(21)11-14(2)3)18(13-16)25-20(22)12-15(4)5/h8-9,13-15H,6-7,10-12H2,1-5H3. The van der Waals surface area contributed by atoms with Gasteiger partial charge in [-0.15, -0.1) is 0 Å². The van der Waals surface area contributed by atoms with Gasteiger partial charge in [0.15, 0.2) is 11.5 Å². The summed E-state index contributed by atoms with van der Waals surface area (Å²) in [6.07, 6.45) is 2.56. The molecule has 0 aliphatic heterocycles. The molecule has 0 heterocycles. The average molecular weight is 350 g/mol. The molecule has 0 aliphatic rings. The molecule has 0 aliphatic carbocycles. The minimum atomic E-state index is -0.359. The third kappa shape index (κ3) is 8.57. The Morgan fingerprint density at radius 2 is 1.48 bits per heavy atom. The fourth-order valence-electron chi connectivity index (χ4n) is 2.07. The summed E-state index contributed by atoms with van der Waals surface area (Å²) in [4.78, 5) is 23.9. The number of benzene rings is 1. The van der Waals surface area contributed by atoms with Crippen molar-refractivity contribution < 1.29 is 23.8 Å². The van der Waals surface area contributed by atoms with Crippen LogP contribution in [0.25, 0.3) is 0 Å². The second-order valence-corrected chi connectivity index (χ2v) is 6.95. The van der Waals surface area contributed by atoms with Crippen LogP contribution in [0, 0.1) is 11.8 Å². The van der Waals surface area contributed by atoms with E-state index in [1.54, 1.807) is 18.2 Å². The van der Waals surface area contributed by atoms with E-state index < -0.39 is 0 Å². The molecule has 0 saturated heterocycles. The molecular weight excluding hydrogens is 320 g/mol. The quantitative estimate of drug-likeness (QED) is 0.345. The van der Waals surface area contributed by atoms with Crippen molar-refractivity contribution in [2.75, 3.05) is 6.61 Å². The fraction of sp³-hybridized carbons (Fsp3) is 0.600. The maximum atomic E-state index is 12.0. The molecule has 140 valence electrons. The number of unbranched alkanes of at least 4 members (excludes halogenated alkanes) is 1. The summed E-state index contributed by atoms with van der Waals surface area (Å²) in [6.45, 7) is 10.4. The molecule has 0 fully saturated rings. The number of carbonyl (C=O) groups excluding carboxylic acids is 2. The molecule has 0 saturated carbocycles. The third-order valence-electron chi connectivity index (χ3n) is 3.28. The van der Waals surface area contributed by atoms with E-state index in [1.165, 1.54) is 0 Å². The Morgan fingerprint density at radius 3 is 2.00 bits per heavy atom. The lowest BCUT2D eigenvalue weighted by molar-refractivity contribution is -0.138. The van der Waals surface area contributed by atoms with Gasteiger partial charge in [-0.3, -0.25) is 9.59 Å². The van der Waals surface area contributed by atoms with Crippen LogP contribution < -0.4 is 14.2 Å². The molecule has 1 aromatic carbocycles. The molecule has 0 atom stereocenters. The number of ether oxygens (including phenoxy) is 3. The highest BCUT2D eigenvalue weighted by Gasteiger charge is 2.16. The van der Waals surface area contributed by atoms with Crippen molar-refractivity contribution in [2.45, 2.75) is 60.3 Å². The van der Waals surface area contributed by atoms with Gasteiger partial charge in [0.2, 0.25) is 0 Å². The predicted molar refractivity (Wildman–Crippen MR) is 97.0 cm³/mol. The normalized spacial score (nSPS) is 10.8. The van der Waals surface area contributed by atoms with Crippen LogP contribution in [0.5, 0.6) is 17.2 Å². The van der Waals surface area contributed by atoms with E-state index in [1.807, 2.05) is 27.7 Å². The first-order valence-electron chi connectivity index (χ1n) is 9.00. The van der Waals surface area contributed by atoms with E-state index >= 15 is 0 Å². The molecule has 0 unspecified atom stereocenters. The average Bonchev–Trinajstić information content (AvgIpc) is 2.48. The van der Waals surface area contributed by atoms with Crippen LogP contribution >= 0.6 is 0 Å². The van der Waals surface area contributed by atoms with Crippen LogP contribution in [0.15, 0.2) is 18.2 Å². The maximum absolute atomic E-state index is 12.0. The van der Waals surface area contributed by atoms with Crippen LogP contribution in [0.1, 0.15) is 60.3 Å². The number of hydrogen-bond donors (Lipinski definition) is 0. The van der Waals surface area contributed by atoms with Crippen molar-refractivity contribution in [2.24, 2.45) is 11.8 Å². The molecule has 25 heavy (non-hydrogen) atoms. The number of carbonyl (C=O) groups is 2. The molecule has 0 amide bonds. The van der Waals surface area contributed by atoms with Gasteiger partial charge < -0.3 is 14.2 Å². The first-order valence-corrected chi connectivity index (χ1v) is 9.00. The highest BCUT2D eigenvalue weighted by atomic mass is 16.6. The van der Waals surface area contributed by atoms with Gasteiger partial charge in [-0.1, -0.05) is 41.0 Å². The molecule has 5 heteroatoms. The van der Waals surface area contributed by atoms with Crippen molar-refractivity contribution in [1.82, 2.24) is 0 Å². The van der Waals surface area contributed by atoms with Crippen molar-refractivity contribution in [3.8, 4) is 17.2 Å². The van der Waals surface area contributed by atoms with Gasteiger partial charge in [-0.25, -0.2) is 0 Å². The van der Waals surface area contributed by atoms with Crippen molar-refractivity contribution >= 4 is 11.9 Å². The Balaban J connectivity index is 2.92. The van der Waals surface area contributed by atoms with Gasteiger partial charge in [0.05, 0.1) is 6.61 Å². The van der Waals surface area contributed by atoms with E-state index in [0.29, 0.717) is 25.2 Å². The first kappa shape index (κ1) is 21.0. The van der Waals surface area contributed by atoms with Crippen LogP contribution in [0.2, 0.25) is 0 Å². The molecule has 0 bridgehead atoms. The molecule has 0 spiro atoms. The van der Waals surface area contributed by atoms with E-state index in [4.69, 9.17) is 14.2 Å². The molecule has 1 aromatic rings. The van der Waals surface area contributed by atoms with Gasteiger partial charge in [0.25, 0.3) is 0 Å². The largest absolute Gasteiger partial charge is 0.493 e. The molecule has 0 N–H and O–H groups in total. The van der Waals surface area contributed by atoms with Crippen LogP contribution in [0.4, 0.5) is 0 Å². The Bertz CT molecular complexity index is 563. The Labute approximate surface area is 150 Å². The lowest BCUT2D eigenvalue weighted by Gasteiger charge is -2.14. The predicted octanol–water partition coefficient (Wildman–Crippen LogP) is 4.77. The summed E-state index contributed by atoms with van der Waals surface area (Å²) in [6, 6.07) is 4.93. The molecule has 5 nitrogen and oxygen atoms in total. The van der Waals surface area contributed by atoms with Crippen molar-refractivity contribution in [3.63, 3.8) is 0 Å². The first-order chi connectivity index (χ1) is 11.8. The zero-order valence-corrected chi connectivity index (χ0v) is 16.0. The minimum absolute atomic E-state index is 0.184. The number of esters is 2. The summed E-state index contributed by atoms with van der Waals surface area (Å²) in [5.74, 6) is 0.712. The lowest BCUT2D eigenvalue weighted by atomic mass is 10.1. The Morgan fingerprint density at radius 1 is 0.920 bits per heavy atom. The monoisotopic (exact) mass is 350 g/mol. The van der Waals surface area contributed by atoms with Crippen molar-refractivity contribution in [3.05, 3.63) is 18.2 Å². The minimum Gasteiger partial charge on any atom is -0.493 e. The second kappa shape index (κ2) is 10.7. The molecule has 0 radical (unpaired) electrons. The van der Waals surface area contributed by atoms with Crippen LogP contribution in [-0.2, 0) is 9.59 Å². The SMILES string of the molecule is CCCCOc1ccc(OC(=O)CC(C)C)c(OC(=O)CC(C)C)c1. The Hall–Kier alpha value is -2.04. The summed E-state index contributed by atoms with van der Waals surface area (Å²) in [5, 5.41) is 0. The van der Waals surface area contributed by atoms with Gasteiger partial charge >= 0.3 is 11.9 Å². The highest BCUT2D eigenvalue weighted by Crippen LogP contribution is 2.33. The van der Waals surface area contributed by atoms with Gasteiger partial charge in [0.1, 0.15) is 5.75 Å². The van der Waals surface area contributed by atoms with Gasteiger partial charge in [0, 0.05) is 18.9 Å². The van der Waals surface area contributed by atoms with Crippen LogP contribution in [0.3, 0.4) is 0 Å². The van der Waals surface area contributed by atoms with E-state index in [2.05, 4.69) is 6.92 Å². The number of hydrogen-bond acceptors (Lipinski definition) is 5. The third-order valence-corrected chi connectivity index (χ3v) is 3.28. The summed E-state index contributed by atoms with van der Waals surface area (Å²) >= 11 is 0.